The molecular weight excluding hydrogens is 382 g/mol. The van der Waals surface area contributed by atoms with Gasteiger partial charge in [-0.05, 0) is 42.3 Å². The number of aliphatic hydroxyl groups is 1. The normalized spacial score (nSPS) is 18.3. The van der Waals surface area contributed by atoms with Crippen LogP contribution < -0.4 is 9.64 Å². The Balaban J connectivity index is 2.09. The number of carbonyl (C=O) groups excluding carboxylic acids is 2. The summed E-state index contributed by atoms with van der Waals surface area (Å²) < 4.78 is 5.23. The fourth-order valence-corrected chi connectivity index (χ4v) is 3.77. The van der Waals surface area contributed by atoms with Gasteiger partial charge in [0.15, 0.2) is 0 Å². The zero-order chi connectivity index (χ0) is 21.8. The summed E-state index contributed by atoms with van der Waals surface area (Å²) in [7, 11) is 5.65. The third kappa shape index (κ3) is 4.21. The van der Waals surface area contributed by atoms with Crippen LogP contribution in [-0.4, -0.2) is 61.0 Å². The zero-order valence-corrected chi connectivity index (χ0v) is 17.8. The van der Waals surface area contributed by atoms with Gasteiger partial charge in [-0.15, -0.1) is 0 Å². The molecule has 2 heterocycles. The number of hydrogen-bond acceptors (Lipinski definition) is 5. The van der Waals surface area contributed by atoms with Crippen LogP contribution in [0.5, 0.6) is 5.75 Å². The minimum absolute atomic E-state index is 0.0958. The van der Waals surface area contributed by atoms with Gasteiger partial charge in [0.25, 0.3) is 11.7 Å². The number of ketones is 1. The maximum absolute atomic E-state index is 13.0. The van der Waals surface area contributed by atoms with E-state index in [2.05, 4.69) is 4.98 Å². The molecule has 0 bridgehead atoms. The number of nitrogens with one attached hydrogen (secondary N) is 1. The molecule has 0 saturated carbocycles. The van der Waals surface area contributed by atoms with Crippen LogP contribution in [0.4, 0.5) is 0 Å². The van der Waals surface area contributed by atoms with E-state index in [0.29, 0.717) is 23.4 Å². The summed E-state index contributed by atoms with van der Waals surface area (Å²) in [6.07, 6.45) is 4.02. The highest BCUT2D eigenvalue weighted by Crippen LogP contribution is 2.39. The van der Waals surface area contributed by atoms with Crippen molar-refractivity contribution in [3.8, 4) is 5.75 Å². The highest BCUT2D eigenvalue weighted by atomic mass is 16.5. The Bertz CT molecular complexity index is 970. The van der Waals surface area contributed by atoms with E-state index in [-0.39, 0.29) is 11.3 Å². The minimum atomic E-state index is -0.672. The Hall–Kier alpha value is -3.19. The molecule has 0 spiro atoms. The number of amides is 1. The highest BCUT2D eigenvalue weighted by Gasteiger charge is 2.46. The number of aromatic nitrogens is 1. The largest absolute Gasteiger partial charge is 0.507 e. The predicted octanol–water partition coefficient (Wildman–Crippen LogP) is 1.35. The number of rotatable bonds is 7. The number of Topliss-reactive ketones (excluding diaryl/α,β-unsaturated/α-hetero) is 1. The van der Waals surface area contributed by atoms with E-state index in [4.69, 9.17) is 4.74 Å². The summed E-state index contributed by atoms with van der Waals surface area (Å²) in [6, 6.07) is 8.12. The third-order valence-electron chi connectivity index (χ3n) is 5.30. The van der Waals surface area contributed by atoms with Gasteiger partial charge in [-0.1, -0.05) is 6.07 Å². The van der Waals surface area contributed by atoms with Crippen molar-refractivity contribution in [2.45, 2.75) is 19.4 Å². The van der Waals surface area contributed by atoms with Crippen LogP contribution in [0.1, 0.15) is 29.2 Å². The highest BCUT2D eigenvalue weighted by molar-refractivity contribution is 6.46. The van der Waals surface area contributed by atoms with E-state index in [1.165, 1.54) is 4.90 Å². The van der Waals surface area contributed by atoms with Gasteiger partial charge in [0.1, 0.15) is 11.5 Å². The lowest BCUT2D eigenvalue weighted by molar-refractivity contribution is -0.858. The second-order valence-electron chi connectivity index (χ2n) is 7.77. The molecule has 1 aromatic carbocycles. The van der Waals surface area contributed by atoms with Crippen molar-refractivity contribution < 1.29 is 24.3 Å². The number of methoxy groups -OCH3 is 1. The molecule has 30 heavy (non-hydrogen) atoms. The van der Waals surface area contributed by atoms with E-state index in [0.717, 1.165) is 18.5 Å². The molecule has 1 aliphatic heterocycles. The summed E-state index contributed by atoms with van der Waals surface area (Å²) in [6.45, 7) is 3.11. The van der Waals surface area contributed by atoms with Gasteiger partial charge in [-0.25, -0.2) is 0 Å². The molecule has 2 N–H and O–H groups in total. The first kappa shape index (κ1) is 21.5. The summed E-state index contributed by atoms with van der Waals surface area (Å²) in [5, 5.41) is 11.1. The van der Waals surface area contributed by atoms with Gasteiger partial charge < -0.3 is 19.6 Å². The molecule has 1 aromatic heterocycles. The average Bonchev–Trinajstić information content (AvgIpc) is 2.98. The lowest BCUT2D eigenvalue weighted by Crippen LogP contribution is -3.05. The molecule has 0 aliphatic carbocycles. The molecule has 0 radical (unpaired) electrons. The molecule has 7 nitrogen and oxygen atoms in total. The third-order valence-corrected chi connectivity index (χ3v) is 5.30. The number of pyridine rings is 1. The number of benzene rings is 1. The van der Waals surface area contributed by atoms with Gasteiger partial charge in [0.05, 0.1) is 39.4 Å². The first-order valence-electron chi connectivity index (χ1n) is 9.97. The molecule has 1 fully saturated rings. The Morgan fingerprint density at radius 2 is 2.03 bits per heavy atom. The first-order valence-corrected chi connectivity index (χ1v) is 9.97. The lowest BCUT2D eigenvalue weighted by atomic mass is 9.94. The van der Waals surface area contributed by atoms with Gasteiger partial charge in [0.2, 0.25) is 0 Å². The molecular formula is C23H28N3O4+. The summed E-state index contributed by atoms with van der Waals surface area (Å²) in [5.74, 6) is -0.790. The minimum Gasteiger partial charge on any atom is -0.507 e. The van der Waals surface area contributed by atoms with Crippen LogP contribution in [0.2, 0.25) is 0 Å². The zero-order valence-electron chi connectivity index (χ0n) is 17.8. The summed E-state index contributed by atoms with van der Waals surface area (Å²) in [4.78, 5) is 32.8. The second kappa shape index (κ2) is 9.09. The van der Waals surface area contributed by atoms with Gasteiger partial charge in [-0.3, -0.25) is 14.6 Å². The van der Waals surface area contributed by atoms with E-state index >= 15 is 0 Å². The topological polar surface area (TPSA) is 84.2 Å². The Morgan fingerprint density at radius 1 is 1.27 bits per heavy atom. The molecule has 7 heteroatoms. The monoisotopic (exact) mass is 410 g/mol. The molecule has 1 saturated heterocycles. The Labute approximate surface area is 176 Å². The van der Waals surface area contributed by atoms with Crippen molar-refractivity contribution in [2.75, 3.05) is 34.3 Å². The van der Waals surface area contributed by atoms with Crippen molar-refractivity contribution in [2.24, 2.45) is 0 Å². The maximum atomic E-state index is 13.0. The number of aryl methyl sites for hydroxylation is 1. The number of quaternary nitrogens is 1. The van der Waals surface area contributed by atoms with Crippen LogP contribution in [0, 0.1) is 6.92 Å². The first-order chi connectivity index (χ1) is 14.3. The molecule has 0 unspecified atom stereocenters. The predicted molar refractivity (Wildman–Crippen MR) is 113 cm³/mol. The van der Waals surface area contributed by atoms with E-state index < -0.39 is 17.7 Å². The lowest BCUT2D eigenvalue weighted by Gasteiger charge is -2.25. The summed E-state index contributed by atoms with van der Waals surface area (Å²) in [5.41, 5.74) is 2.04. The van der Waals surface area contributed by atoms with Gasteiger partial charge in [-0.2, -0.15) is 0 Å². The standard InChI is InChI=1S/C23H27N3O4/c1-15-13-17(30-4)8-9-18(15)21(27)19-20(16-7-5-10-24-14-16)26(23(29)22(19)28)12-6-11-25(2)3/h5,7-10,13-14,20,27H,6,11-12H2,1-4H3/p+1/t20-/m1/s1. The molecule has 158 valence electrons. The number of aliphatic hydroxyl groups excluding tert-OH is 1. The molecule has 1 aliphatic rings. The van der Waals surface area contributed by atoms with Crippen LogP contribution in [0.3, 0.4) is 0 Å². The van der Waals surface area contributed by atoms with Crippen molar-refractivity contribution >= 4 is 17.4 Å². The van der Waals surface area contributed by atoms with Crippen molar-refractivity contribution in [3.05, 3.63) is 65.0 Å². The molecule has 2 aromatic rings. The molecule has 1 atom stereocenters. The van der Waals surface area contributed by atoms with Crippen LogP contribution in [0.15, 0.2) is 48.3 Å². The van der Waals surface area contributed by atoms with Crippen molar-refractivity contribution in [1.29, 1.82) is 0 Å². The van der Waals surface area contributed by atoms with Crippen LogP contribution >= 0.6 is 0 Å². The van der Waals surface area contributed by atoms with Crippen LogP contribution in [0.25, 0.3) is 5.76 Å². The quantitative estimate of drug-likeness (QED) is 0.409. The van der Waals surface area contributed by atoms with Crippen LogP contribution in [-0.2, 0) is 9.59 Å². The molecule has 3 rings (SSSR count). The number of nitrogens with zero attached hydrogens (tertiary/aromatic N) is 2. The van der Waals surface area contributed by atoms with Crippen molar-refractivity contribution in [3.63, 3.8) is 0 Å². The fourth-order valence-electron chi connectivity index (χ4n) is 3.77. The van der Waals surface area contributed by atoms with Gasteiger partial charge >= 0.3 is 0 Å². The number of hydrogen-bond donors (Lipinski definition) is 2. The second-order valence-corrected chi connectivity index (χ2v) is 7.77. The van der Waals surface area contributed by atoms with E-state index in [1.54, 1.807) is 48.7 Å². The van der Waals surface area contributed by atoms with E-state index in [9.17, 15) is 14.7 Å². The number of likely N-dealkylation sites (tertiary alicyclic amines) is 1. The maximum Gasteiger partial charge on any atom is 0.295 e. The Morgan fingerprint density at radius 3 is 2.63 bits per heavy atom. The summed E-state index contributed by atoms with van der Waals surface area (Å²) >= 11 is 0. The SMILES string of the molecule is COc1ccc(C(O)=C2C(=O)C(=O)N(CCC[NH+](C)C)[C@@H]2c2cccnc2)c(C)c1. The number of carbonyl (C=O) groups is 2. The smallest absolute Gasteiger partial charge is 0.295 e. The fraction of sp³-hybridized carbons (Fsp3) is 0.348. The van der Waals surface area contributed by atoms with Crippen molar-refractivity contribution in [1.82, 2.24) is 9.88 Å². The van der Waals surface area contributed by atoms with E-state index in [1.807, 2.05) is 27.1 Å². The number of ether oxygens (including phenoxy) is 1. The molecule has 1 amide bonds. The van der Waals surface area contributed by atoms with Gasteiger partial charge in [0, 0.05) is 30.9 Å². The average molecular weight is 410 g/mol. The Kier molecular flexibility index (Phi) is 6.52.